The molecular formula is C21H25ClN6. The van der Waals surface area contributed by atoms with Gasteiger partial charge in [0.25, 0.3) is 0 Å². The lowest BCUT2D eigenvalue weighted by Gasteiger charge is -2.25. The zero-order valence-corrected chi connectivity index (χ0v) is 16.7. The lowest BCUT2D eigenvalue weighted by atomic mass is 10.0. The number of benzene rings is 2. The van der Waals surface area contributed by atoms with E-state index in [1.54, 1.807) is 6.20 Å². The molecule has 6 N–H and O–H groups in total. The average molecular weight is 397 g/mol. The maximum Gasteiger partial charge on any atom is 0.0949 e. The molecule has 3 aromatic rings. The first kappa shape index (κ1) is 19.8. The number of aromatic nitrogens is 2. The number of allylic oxidation sites excluding steroid dienone is 1. The van der Waals surface area contributed by atoms with Crippen LogP contribution in [0.5, 0.6) is 0 Å². The van der Waals surface area contributed by atoms with Gasteiger partial charge in [-0.3, -0.25) is 0 Å². The number of halogens is 1. The first-order valence-corrected chi connectivity index (χ1v) is 9.32. The molecule has 1 aromatic heterocycles. The Bertz CT molecular complexity index is 959. The molecule has 0 unspecified atom stereocenters. The van der Waals surface area contributed by atoms with Crippen LogP contribution in [0.15, 0.2) is 66.9 Å². The molecule has 0 bridgehead atoms. The molecular weight excluding hydrogens is 372 g/mol. The number of rotatable bonds is 3. The number of anilines is 2. The van der Waals surface area contributed by atoms with E-state index in [0.29, 0.717) is 0 Å². The van der Waals surface area contributed by atoms with Gasteiger partial charge in [0.05, 0.1) is 17.7 Å². The van der Waals surface area contributed by atoms with Gasteiger partial charge in [0.1, 0.15) is 0 Å². The minimum Gasteiger partial charge on any atom is -0.401 e. The van der Waals surface area contributed by atoms with Crippen LogP contribution in [0.25, 0.3) is 5.70 Å². The maximum absolute atomic E-state index is 6.17. The van der Waals surface area contributed by atoms with Crippen molar-refractivity contribution in [3.8, 4) is 0 Å². The van der Waals surface area contributed by atoms with Gasteiger partial charge in [0.15, 0.2) is 0 Å². The second-order valence-electron chi connectivity index (χ2n) is 6.70. The van der Waals surface area contributed by atoms with Gasteiger partial charge in [0.2, 0.25) is 0 Å². The number of hydrogen-bond donors (Lipinski definition) is 3. The molecule has 1 aliphatic heterocycles. The zero-order valence-electron chi connectivity index (χ0n) is 15.9. The Kier molecular flexibility index (Phi) is 5.92. The predicted molar refractivity (Wildman–Crippen MR) is 116 cm³/mol. The van der Waals surface area contributed by atoms with Crippen molar-refractivity contribution in [1.82, 2.24) is 21.0 Å². The Labute approximate surface area is 170 Å². The number of nitrogens with two attached hydrogens (primary N) is 1. The van der Waals surface area contributed by atoms with Crippen LogP contribution >= 0.6 is 11.6 Å². The third-order valence-electron chi connectivity index (χ3n) is 4.72. The van der Waals surface area contributed by atoms with Crippen LogP contribution in [0.2, 0.25) is 5.02 Å². The summed E-state index contributed by atoms with van der Waals surface area (Å²) in [6.45, 7) is 4.34. The Hall–Kier alpha value is -2.96. The normalized spacial score (nSPS) is 15.1. The highest BCUT2D eigenvalue weighted by molar-refractivity contribution is 6.30. The average Bonchev–Trinajstić information content (AvgIpc) is 3.08. The van der Waals surface area contributed by atoms with Gasteiger partial charge in [-0.25, -0.2) is 4.98 Å². The molecule has 4 rings (SSSR count). The Morgan fingerprint density at radius 1 is 1.21 bits per heavy atom. The summed E-state index contributed by atoms with van der Waals surface area (Å²) in [5.41, 5.74) is 12.5. The van der Waals surface area contributed by atoms with Gasteiger partial charge in [-0.15, -0.1) is 0 Å². The van der Waals surface area contributed by atoms with Gasteiger partial charge in [0, 0.05) is 54.0 Å². The van der Waals surface area contributed by atoms with E-state index in [4.69, 9.17) is 17.3 Å². The van der Waals surface area contributed by atoms with E-state index in [1.807, 2.05) is 31.6 Å². The number of imidazole rings is 1. The van der Waals surface area contributed by atoms with Crippen molar-refractivity contribution in [3.05, 3.63) is 83.0 Å². The van der Waals surface area contributed by atoms with Crippen LogP contribution in [0, 0.1) is 0 Å². The monoisotopic (exact) mass is 396 g/mol. The van der Waals surface area contributed by atoms with E-state index >= 15 is 0 Å². The molecule has 2 heterocycles. The highest BCUT2D eigenvalue weighted by atomic mass is 35.5. The second kappa shape index (κ2) is 8.37. The lowest BCUT2D eigenvalue weighted by molar-refractivity contribution is 0.796. The van der Waals surface area contributed by atoms with Crippen molar-refractivity contribution in [1.29, 1.82) is 0 Å². The van der Waals surface area contributed by atoms with Gasteiger partial charge >= 0.3 is 0 Å². The molecule has 7 heteroatoms. The van der Waals surface area contributed by atoms with E-state index in [9.17, 15) is 0 Å². The second-order valence-corrected chi connectivity index (χ2v) is 7.14. The molecule has 1 aliphatic rings. The first-order valence-electron chi connectivity index (χ1n) is 8.94. The first-order chi connectivity index (χ1) is 13.1. The van der Waals surface area contributed by atoms with E-state index in [0.717, 1.165) is 53.0 Å². The van der Waals surface area contributed by atoms with Crippen LogP contribution in [0.1, 0.15) is 18.1 Å². The van der Waals surface area contributed by atoms with Gasteiger partial charge in [-0.2, -0.15) is 0 Å². The van der Waals surface area contributed by atoms with E-state index in [-0.39, 0.29) is 6.15 Å². The van der Waals surface area contributed by atoms with Crippen LogP contribution in [0.4, 0.5) is 11.4 Å². The molecule has 0 atom stereocenters. The summed E-state index contributed by atoms with van der Waals surface area (Å²) in [4.78, 5) is 6.44. The Morgan fingerprint density at radius 3 is 2.68 bits per heavy atom. The van der Waals surface area contributed by atoms with Crippen molar-refractivity contribution < 1.29 is 0 Å². The lowest BCUT2D eigenvalue weighted by Crippen LogP contribution is -2.24. The molecule has 2 aromatic carbocycles. The maximum atomic E-state index is 6.17. The topological polar surface area (TPSA) is 94.1 Å². The molecule has 0 fully saturated rings. The van der Waals surface area contributed by atoms with Gasteiger partial charge in [-0.1, -0.05) is 23.7 Å². The van der Waals surface area contributed by atoms with E-state index in [2.05, 4.69) is 50.1 Å². The molecule has 28 heavy (non-hydrogen) atoms. The minimum absolute atomic E-state index is 0. The number of nitrogens with zero attached hydrogens (tertiary/aromatic N) is 3. The van der Waals surface area contributed by atoms with Gasteiger partial charge < -0.3 is 26.7 Å². The molecule has 0 saturated carbocycles. The summed E-state index contributed by atoms with van der Waals surface area (Å²) < 4.78 is 2.06. The zero-order chi connectivity index (χ0) is 18.8. The Balaban J connectivity index is 0.00000225. The summed E-state index contributed by atoms with van der Waals surface area (Å²) in [5.74, 6) is 0. The van der Waals surface area contributed by atoms with Crippen molar-refractivity contribution in [2.24, 2.45) is 5.73 Å². The fourth-order valence-electron chi connectivity index (χ4n) is 3.45. The highest BCUT2D eigenvalue weighted by Gasteiger charge is 2.21. The third-order valence-corrected chi connectivity index (χ3v) is 4.97. The number of hydrogen-bond acceptors (Lipinski definition) is 5. The molecule has 0 amide bonds. The minimum atomic E-state index is 0. The van der Waals surface area contributed by atoms with Crippen molar-refractivity contribution in [3.63, 3.8) is 0 Å². The van der Waals surface area contributed by atoms with Crippen LogP contribution < -0.4 is 22.1 Å². The van der Waals surface area contributed by atoms with Crippen LogP contribution in [-0.4, -0.2) is 22.6 Å². The van der Waals surface area contributed by atoms with E-state index in [1.165, 1.54) is 5.56 Å². The summed E-state index contributed by atoms with van der Waals surface area (Å²) >= 11 is 6.09. The molecule has 0 aliphatic carbocycles. The molecule has 0 spiro atoms. The summed E-state index contributed by atoms with van der Waals surface area (Å²) in [7, 11) is 0. The fourth-order valence-corrected chi connectivity index (χ4v) is 3.58. The van der Waals surface area contributed by atoms with Crippen LogP contribution in [0.3, 0.4) is 0 Å². The van der Waals surface area contributed by atoms with Gasteiger partial charge in [-0.05, 0) is 42.8 Å². The Morgan fingerprint density at radius 2 is 2.00 bits per heavy atom. The highest BCUT2D eigenvalue weighted by Crippen LogP contribution is 2.35. The molecule has 0 saturated heterocycles. The van der Waals surface area contributed by atoms with Crippen molar-refractivity contribution >= 4 is 28.7 Å². The summed E-state index contributed by atoms with van der Waals surface area (Å²) in [5, 5.41) is 4.22. The van der Waals surface area contributed by atoms with Crippen molar-refractivity contribution in [2.45, 2.75) is 13.5 Å². The van der Waals surface area contributed by atoms with Crippen molar-refractivity contribution in [2.75, 3.05) is 18.0 Å². The fraction of sp³-hybridized carbons (Fsp3) is 0.190. The standard InChI is InChI=1S/C21H22ClN5.H3N/c1-15(23)21-19-7-2-16(13-26-10-8-24-14-26)12-20(19)27(11-9-25-21)18-5-3-17(22)4-6-18;/h2-8,10,12,14,25H,9,11,13,23H2,1H3;1H3/b21-15-;. The van der Waals surface area contributed by atoms with Crippen LogP contribution in [-0.2, 0) is 6.54 Å². The molecule has 0 radical (unpaired) electrons. The van der Waals surface area contributed by atoms with E-state index < -0.39 is 0 Å². The number of fused-ring (bicyclic) bond motifs is 1. The largest absolute Gasteiger partial charge is 0.401 e. The number of nitrogens with one attached hydrogen (secondary N) is 1. The molecule has 6 nitrogen and oxygen atoms in total. The smallest absolute Gasteiger partial charge is 0.0949 e. The quantitative estimate of drug-likeness (QED) is 0.618. The summed E-state index contributed by atoms with van der Waals surface area (Å²) in [6.07, 6.45) is 5.60. The predicted octanol–water partition coefficient (Wildman–Crippen LogP) is 4.14. The summed E-state index contributed by atoms with van der Waals surface area (Å²) in [6, 6.07) is 14.5. The third kappa shape index (κ3) is 3.98. The SMILES string of the molecule is C/C(N)=C1/NCCN(c2ccc(Cl)cc2)c2cc(Cn3ccnc3)ccc21.N. The molecule has 146 valence electrons.